The Labute approximate surface area is 90.9 Å². The van der Waals surface area contributed by atoms with Crippen molar-refractivity contribution in [3.8, 4) is 11.5 Å². The number of rotatable bonds is 3. The molecule has 5 heteroatoms. The normalized spacial score (nSPS) is 10.1. The summed E-state index contributed by atoms with van der Waals surface area (Å²) in [5.74, 6) is -0.676. The Hall–Kier alpha value is -0.930. The number of alkyl halides is 1. The van der Waals surface area contributed by atoms with Crippen LogP contribution in [0.5, 0.6) is 11.5 Å². The van der Waals surface area contributed by atoms with Crippen molar-refractivity contribution < 1.29 is 15.0 Å². The van der Waals surface area contributed by atoms with Gasteiger partial charge < -0.3 is 10.2 Å². The van der Waals surface area contributed by atoms with Crippen LogP contribution in [0, 0.1) is 0 Å². The number of Topliss-reactive ketones (excluding diaryl/α,β-unsaturated/α-hetero) is 1. The van der Waals surface area contributed by atoms with E-state index >= 15 is 0 Å². The van der Waals surface area contributed by atoms with Crippen molar-refractivity contribution in [1.82, 2.24) is 0 Å². The average Bonchev–Trinajstić information content (AvgIpc) is 2.11. The molecule has 2 N–H and O–H groups in total. The standard InChI is InChI=1S/C9H8Cl2O3/c10-2-1-7(12)5-3-6(11)9(14)4-8(5)13/h3-4,13-14H,1-2H2. The maximum absolute atomic E-state index is 11.3. The molecule has 0 fully saturated rings. The molecular formula is C9H8Cl2O3. The molecule has 0 aliphatic heterocycles. The lowest BCUT2D eigenvalue weighted by Crippen LogP contribution is -2.00. The number of carbonyl (C=O) groups excluding carboxylic acids is 1. The molecule has 0 atom stereocenters. The number of carbonyl (C=O) groups is 1. The minimum atomic E-state index is -0.306. The summed E-state index contributed by atoms with van der Waals surface area (Å²) in [5, 5.41) is 18.5. The molecule has 1 aromatic carbocycles. The zero-order valence-electron chi connectivity index (χ0n) is 7.13. The van der Waals surface area contributed by atoms with E-state index in [9.17, 15) is 9.90 Å². The minimum absolute atomic E-state index is 0.0284. The third-order valence-corrected chi connectivity index (χ3v) is 2.18. The summed E-state index contributed by atoms with van der Waals surface area (Å²) in [5.41, 5.74) is 0.0773. The molecular weight excluding hydrogens is 227 g/mol. The Kier molecular flexibility index (Phi) is 3.61. The van der Waals surface area contributed by atoms with Gasteiger partial charge in [-0.25, -0.2) is 0 Å². The van der Waals surface area contributed by atoms with Gasteiger partial charge in [-0.1, -0.05) is 11.6 Å². The summed E-state index contributed by atoms with van der Waals surface area (Å²) in [7, 11) is 0. The van der Waals surface area contributed by atoms with Gasteiger partial charge >= 0.3 is 0 Å². The first-order valence-corrected chi connectivity index (χ1v) is 4.78. The lowest BCUT2D eigenvalue weighted by Gasteiger charge is -2.04. The molecule has 76 valence electrons. The number of aromatic hydroxyl groups is 2. The van der Waals surface area contributed by atoms with Crippen molar-refractivity contribution in [3.63, 3.8) is 0 Å². The summed E-state index contributed by atoms with van der Waals surface area (Å²) in [6, 6.07) is 2.25. The first-order chi connectivity index (χ1) is 6.56. The van der Waals surface area contributed by atoms with Gasteiger partial charge in [-0.2, -0.15) is 0 Å². The SMILES string of the molecule is O=C(CCCl)c1cc(Cl)c(O)cc1O. The second-order valence-electron chi connectivity index (χ2n) is 2.68. The maximum atomic E-state index is 11.3. The molecule has 0 aliphatic carbocycles. The van der Waals surface area contributed by atoms with E-state index in [1.165, 1.54) is 6.07 Å². The van der Waals surface area contributed by atoms with Crippen LogP contribution in [0.1, 0.15) is 16.8 Å². The number of hydrogen-bond acceptors (Lipinski definition) is 3. The number of benzene rings is 1. The van der Waals surface area contributed by atoms with Gasteiger partial charge in [-0.05, 0) is 6.07 Å². The number of phenolic OH excluding ortho intramolecular Hbond substituents is 2. The summed E-state index contributed by atoms with van der Waals surface area (Å²) >= 11 is 11.0. The second-order valence-corrected chi connectivity index (χ2v) is 3.47. The summed E-state index contributed by atoms with van der Waals surface area (Å²) in [6.45, 7) is 0. The largest absolute Gasteiger partial charge is 0.507 e. The van der Waals surface area contributed by atoms with Crippen LogP contribution in [0.25, 0.3) is 0 Å². The van der Waals surface area contributed by atoms with Crippen molar-refractivity contribution in [2.24, 2.45) is 0 Å². The van der Waals surface area contributed by atoms with Gasteiger partial charge in [0.15, 0.2) is 5.78 Å². The molecule has 1 aromatic rings. The van der Waals surface area contributed by atoms with Gasteiger partial charge in [0.2, 0.25) is 0 Å². The highest BCUT2D eigenvalue weighted by atomic mass is 35.5. The van der Waals surface area contributed by atoms with Crippen LogP contribution in [-0.4, -0.2) is 21.9 Å². The highest BCUT2D eigenvalue weighted by Gasteiger charge is 2.13. The Morgan fingerprint density at radius 1 is 1.29 bits per heavy atom. The van der Waals surface area contributed by atoms with Crippen molar-refractivity contribution in [3.05, 3.63) is 22.7 Å². The van der Waals surface area contributed by atoms with Gasteiger partial charge in [-0.3, -0.25) is 4.79 Å². The molecule has 0 spiro atoms. The highest BCUT2D eigenvalue weighted by Crippen LogP contribution is 2.31. The van der Waals surface area contributed by atoms with Gasteiger partial charge in [0, 0.05) is 18.4 Å². The lowest BCUT2D eigenvalue weighted by molar-refractivity contribution is 0.0986. The average molecular weight is 235 g/mol. The predicted octanol–water partition coefficient (Wildman–Crippen LogP) is 2.56. The third kappa shape index (κ3) is 2.30. The second kappa shape index (κ2) is 4.53. The molecule has 0 bridgehead atoms. The van der Waals surface area contributed by atoms with Crippen LogP contribution in [0.15, 0.2) is 12.1 Å². The number of phenols is 2. The molecule has 0 saturated heterocycles. The van der Waals surface area contributed by atoms with Gasteiger partial charge in [-0.15, -0.1) is 11.6 Å². The molecule has 0 amide bonds. The van der Waals surface area contributed by atoms with E-state index in [1.807, 2.05) is 0 Å². The Morgan fingerprint density at radius 2 is 1.93 bits per heavy atom. The van der Waals surface area contributed by atoms with Gasteiger partial charge in [0.25, 0.3) is 0 Å². The van der Waals surface area contributed by atoms with E-state index in [-0.39, 0.29) is 40.2 Å². The zero-order valence-corrected chi connectivity index (χ0v) is 8.64. The Balaban J connectivity index is 3.09. The van der Waals surface area contributed by atoms with Crippen molar-refractivity contribution in [2.45, 2.75) is 6.42 Å². The van der Waals surface area contributed by atoms with E-state index in [1.54, 1.807) is 0 Å². The molecule has 3 nitrogen and oxygen atoms in total. The van der Waals surface area contributed by atoms with Crippen molar-refractivity contribution in [2.75, 3.05) is 5.88 Å². The lowest BCUT2D eigenvalue weighted by atomic mass is 10.1. The molecule has 0 aliphatic rings. The van der Waals surface area contributed by atoms with Crippen LogP contribution in [-0.2, 0) is 0 Å². The molecule has 0 unspecified atom stereocenters. The van der Waals surface area contributed by atoms with E-state index in [0.717, 1.165) is 6.07 Å². The minimum Gasteiger partial charge on any atom is -0.507 e. The first-order valence-electron chi connectivity index (χ1n) is 3.87. The maximum Gasteiger partial charge on any atom is 0.167 e. The number of ketones is 1. The monoisotopic (exact) mass is 234 g/mol. The summed E-state index contributed by atoms with van der Waals surface area (Å²) in [4.78, 5) is 11.3. The van der Waals surface area contributed by atoms with E-state index < -0.39 is 0 Å². The molecule has 0 saturated carbocycles. The van der Waals surface area contributed by atoms with Gasteiger partial charge in [0.05, 0.1) is 10.6 Å². The fraction of sp³-hybridized carbons (Fsp3) is 0.222. The fourth-order valence-corrected chi connectivity index (χ4v) is 1.33. The summed E-state index contributed by atoms with van der Waals surface area (Å²) in [6.07, 6.45) is 0.121. The number of halogens is 2. The first kappa shape index (κ1) is 11.1. The Morgan fingerprint density at radius 3 is 2.50 bits per heavy atom. The topological polar surface area (TPSA) is 57.5 Å². The van der Waals surface area contributed by atoms with Crippen molar-refractivity contribution >= 4 is 29.0 Å². The van der Waals surface area contributed by atoms with Crippen LogP contribution in [0.2, 0.25) is 5.02 Å². The van der Waals surface area contributed by atoms with Crippen LogP contribution in [0.3, 0.4) is 0 Å². The quantitative estimate of drug-likeness (QED) is 0.625. The zero-order chi connectivity index (χ0) is 10.7. The van der Waals surface area contributed by atoms with Gasteiger partial charge in [0.1, 0.15) is 11.5 Å². The summed E-state index contributed by atoms with van der Waals surface area (Å²) < 4.78 is 0. The third-order valence-electron chi connectivity index (χ3n) is 1.69. The molecule has 14 heavy (non-hydrogen) atoms. The molecule has 1 rings (SSSR count). The molecule has 0 aromatic heterocycles. The van der Waals surface area contributed by atoms with Crippen molar-refractivity contribution in [1.29, 1.82) is 0 Å². The predicted molar refractivity (Wildman–Crippen MR) is 54.4 cm³/mol. The van der Waals surface area contributed by atoms with Crippen LogP contribution >= 0.6 is 23.2 Å². The highest BCUT2D eigenvalue weighted by molar-refractivity contribution is 6.32. The molecule has 0 radical (unpaired) electrons. The fourth-order valence-electron chi connectivity index (χ4n) is 0.995. The van der Waals surface area contributed by atoms with Crippen LogP contribution < -0.4 is 0 Å². The van der Waals surface area contributed by atoms with E-state index in [0.29, 0.717) is 0 Å². The Bertz CT molecular complexity index is 363. The van der Waals surface area contributed by atoms with E-state index in [2.05, 4.69) is 0 Å². The smallest absolute Gasteiger partial charge is 0.167 e. The van der Waals surface area contributed by atoms with Crippen LogP contribution in [0.4, 0.5) is 0 Å². The van der Waals surface area contributed by atoms with E-state index in [4.69, 9.17) is 28.3 Å². The molecule has 0 heterocycles. The number of hydrogen-bond donors (Lipinski definition) is 2.